The molecule has 5 nitrogen and oxygen atoms in total. The van der Waals surface area contributed by atoms with E-state index in [1.165, 1.54) is 0 Å². The van der Waals surface area contributed by atoms with Crippen molar-refractivity contribution in [3.63, 3.8) is 0 Å². The van der Waals surface area contributed by atoms with Crippen molar-refractivity contribution in [2.24, 2.45) is 0 Å². The molecule has 0 radical (unpaired) electrons. The summed E-state index contributed by atoms with van der Waals surface area (Å²) in [6.45, 7) is 1.98. The van der Waals surface area contributed by atoms with Gasteiger partial charge in [-0.1, -0.05) is 25.1 Å². The van der Waals surface area contributed by atoms with E-state index in [0.29, 0.717) is 5.69 Å². The molecule has 2 N–H and O–H groups in total. The summed E-state index contributed by atoms with van der Waals surface area (Å²) < 4.78 is 11.5. The summed E-state index contributed by atoms with van der Waals surface area (Å²) in [5, 5.41) is 11.2. The maximum Gasteiger partial charge on any atom is 0.304 e. The number of hydrogen-bond acceptors (Lipinski definition) is 3. The van der Waals surface area contributed by atoms with Crippen LogP contribution in [-0.4, -0.2) is 32.7 Å². The molecule has 0 aliphatic carbocycles. The van der Waals surface area contributed by atoms with Gasteiger partial charge in [-0.2, -0.15) is 0 Å². The number of carboxylic acids is 1. The zero-order chi connectivity index (χ0) is 14.3. The lowest BCUT2D eigenvalue weighted by Gasteiger charge is -2.09. The van der Waals surface area contributed by atoms with E-state index in [0.717, 1.165) is 12.0 Å². The third-order valence-corrected chi connectivity index (χ3v) is 3.75. The zero-order valence-electron chi connectivity index (χ0n) is 10.7. The molecule has 0 aliphatic heterocycles. The molecule has 1 aromatic carbocycles. The van der Waals surface area contributed by atoms with Crippen molar-refractivity contribution in [3.8, 4) is 0 Å². The third kappa shape index (κ3) is 5.65. The van der Waals surface area contributed by atoms with Crippen LogP contribution in [0.15, 0.2) is 24.3 Å². The van der Waals surface area contributed by atoms with Crippen LogP contribution in [0.25, 0.3) is 0 Å². The second kappa shape index (κ2) is 7.68. The molecule has 0 saturated carbocycles. The number of nitrogens with one attached hydrogen (secondary N) is 1. The summed E-state index contributed by atoms with van der Waals surface area (Å²) in [5.41, 5.74) is 1.72. The number of benzene rings is 1. The Morgan fingerprint density at radius 2 is 2.00 bits per heavy atom. The second-order valence-corrected chi connectivity index (χ2v) is 5.57. The monoisotopic (exact) mass is 283 g/mol. The van der Waals surface area contributed by atoms with Gasteiger partial charge in [0, 0.05) is 22.2 Å². The van der Waals surface area contributed by atoms with Crippen LogP contribution in [0.5, 0.6) is 0 Å². The molecule has 0 heterocycles. The summed E-state index contributed by atoms with van der Waals surface area (Å²) in [6, 6.07) is 7.41. The van der Waals surface area contributed by atoms with Gasteiger partial charge in [0.2, 0.25) is 5.91 Å². The van der Waals surface area contributed by atoms with E-state index >= 15 is 0 Å². The van der Waals surface area contributed by atoms with Gasteiger partial charge in [0.05, 0.1) is 6.42 Å². The predicted octanol–water partition coefficient (Wildman–Crippen LogP) is 1.41. The molecule has 19 heavy (non-hydrogen) atoms. The van der Waals surface area contributed by atoms with Gasteiger partial charge in [-0.15, -0.1) is 0 Å². The van der Waals surface area contributed by atoms with Gasteiger partial charge in [-0.3, -0.25) is 13.8 Å². The topological polar surface area (TPSA) is 83.5 Å². The minimum atomic E-state index is -1.45. The highest BCUT2D eigenvalue weighted by atomic mass is 32.2. The lowest BCUT2D eigenvalue weighted by atomic mass is 10.1. The summed E-state index contributed by atoms with van der Waals surface area (Å²) in [7, 11) is -1.45. The van der Waals surface area contributed by atoms with Gasteiger partial charge in [-0.25, -0.2) is 0 Å². The van der Waals surface area contributed by atoms with Crippen LogP contribution in [-0.2, 0) is 26.8 Å². The minimum Gasteiger partial charge on any atom is -0.481 e. The van der Waals surface area contributed by atoms with Gasteiger partial charge in [0.15, 0.2) is 0 Å². The molecule has 1 rings (SSSR count). The summed E-state index contributed by atoms with van der Waals surface area (Å²) >= 11 is 0. The fourth-order valence-electron chi connectivity index (χ4n) is 1.56. The van der Waals surface area contributed by atoms with Crippen LogP contribution in [0.4, 0.5) is 5.69 Å². The van der Waals surface area contributed by atoms with E-state index in [9.17, 15) is 13.8 Å². The van der Waals surface area contributed by atoms with E-state index in [-0.39, 0.29) is 23.8 Å². The average Bonchev–Trinajstić information content (AvgIpc) is 2.37. The number of carbonyl (C=O) groups excluding carboxylic acids is 1. The first-order valence-electron chi connectivity index (χ1n) is 5.97. The second-order valence-electron chi connectivity index (χ2n) is 3.99. The molecule has 0 spiro atoms. The van der Waals surface area contributed by atoms with E-state index < -0.39 is 16.8 Å². The quantitative estimate of drug-likeness (QED) is 0.792. The molecule has 1 aromatic rings. The molecule has 6 heteroatoms. The maximum atomic E-state index is 11.7. The number of aryl methyl sites for hydroxylation is 1. The Morgan fingerprint density at radius 3 is 2.63 bits per heavy atom. The van der Waals surface area contributed by atoms with Gasteiger partial charge < -0.3 is 10.4 Å². The molecule has 0 aromatic heterocycles. The van der Waals surface area contributed by atoms with Crippen molar-refractivity contribution >= 4 is 28.4 Å². The number of para-hydroxylation sites is 1. The van der Waals surface area contributed by atoms with Crippen molar-refractivity contribution in [2.75, 3.05) is 16.8 Å². The first-order chi connectivity index (χ1) is 9.02. The molecule has 104 valence electrons. The molecule has 0 saturated heterocycles. The van der Waals surface area contributed by atoms with E-state index in [1.54, 1.807) is 6.07 Å². The molecule has 1 atom stereocenters. The molecule has 1 unspecified atom stereocenters. The van der Waals surface area contributed by atoms with Crippen molar-refractivity contribution < 1.29 is 18.9 Å². The highest BCUT2D eigenvalue weighted by molar-refractivity contribution is 7.85. The SMILES string of the molecule is CCc1ccccc1NC(=O)CS(=O)CCC(=O)O. The van der Waals surface area contributed by atoms with Crippen LogP contribution in [0, 0.1) is 0 Å². The zero-order valence-corrected chi connectivity index (χ0v) is 11.5. The molecule has 1 amide bonds. The van der Waals surface area contributed by atoms with Crippen molar-refractivity contribution in [2.45, 2.75) is 19.8 Å². The van der Waals surface area contributed by atoms with E-state index in [2.05, 4.69) is 5.32 Å². The number of hydrogen-bond donors (Lipinski definition) is 2. The molecular formula is C13H17NO4S. The Hall–Kier alpha value is -1.69. The number of rotatable bonds is 7. The number of aliphatic carboxylic acids is 1. The lowest BCUT2D eigenvalue weighted by Crippen LogP contribution is -2.22. The number of amides is 1. The van der Waals surface area contributed by atoms with Gasteiger partial charge in [0.1, 0.15) is 5.75 Å². The van der Waals surface area contributed by atoms with Crippen LogP contribution < -0.4 is 5.32 Å². The van der Waals surface area contributed by atoms with Crippen LogP contribution in [0.1, 0.15) is 18.9 Å². The van der Waals surface area contributed by atoms with Crippen molar-refractivity contribution in [1.29, 1.82) is 0 Å². The Kier molecular flexibility index (Phi) is 6.21. The van der Waals surface area contributed by atoms with Gasteiger partial charge in [0.25, 0.3) is 0 Å². The normalized spacial score (nSPS) is 11.8. The molecule has 0 bridgehead atoms. The Morgan fingerprint density at radius 1 is 1.32 bits per heavy atom. The largest absolute Gasteiger partial charge is 0.481 e. The van der Waals surface area contributed by atoms with E-state index in [1.807, 2.05) is 25.1 Å². The Bertz CT molecular complexity index is 487. The number of carbonyl (C=O) groups is 2. The number of anilines is 1. The predicted molar refractivity (Wildman–Crippen MR) is 74.6 cm³/mol. The summed E-state index contributed by atoms with van der Waals surface area (Å²) in [5.74, 6) is -1.54. The Balaban J connectivity index is 2.51. The fraction of sp³-hybridized carbons (Fsp3) is 0.385. The van der Waals surface area contributed by atoms with Gasteiger partial charge >= 0.3 is 5.97 Å². The minimum absolute atomic E-state index is 0.00181. The van der Waals surface area contributed by atoms with E-state index in [4.69, 9.17) is 5.11 Å². The first-order valence-corrected chi connectivity index (χ1v) is 7.46. The molecular weight excluding hydrogens is 266 g/mol. The summed E-state index contributed by atoms with van der Waals surface area (Å²) in [4.78, 5) is 22.0. The summed E-state index contributed by atoms with van der Waals surface area (Å²) in [6.07, 6.45) is 0.601. The van der Waals surface area contributed by atoms with Crippen LogP contribution >= 0.6 is 0 Å². The smallest absolute Gasteiger partial charge is 0.304 e. The third-order valence-electron chi connectivity index (χ3n) is 2.51. The lowest BCUT2D eigenvalue weighted by molar-refractivity contribution is -0.136. The maximum absolute atomic E-state index is 11.7. The first kappa shape index (κ1) is 15.4. The van der Waals surface area contributed by atoms with Gasteiger partial charge in [-0.05, 0) is 18.1 Å². The highest BCUT2D eigenvalue weighted by Crippen LogP contribution is 2.15. The van der Waals surface area contributed by atoms with Crippen LogP contribution in [0.3, 0.4) is 0 Å². The fourth-order valence-corrected chi connectivity index (χ4v) is 2.47. The highest BCUT2D eigenvalue weighted by Gasteiger charge is 2.11. The molecule has 0 fully saturated rings. The van der Waals surface area contributed by atoms with Crippen molar-refractivity contribution in [1.82, 2.24) is 0 Å². The number of carboxylic acid groups (broad SMARTS) is 1. The Labute approximate surface area is 114 Å². The molecule has 0 aliphatic rings. The standard InChI is InChI=1S/C13H17NO4S/c1-2-10-5-3-4-6-11(10)14-12(15)9-19(18)8-7-13(16)17/h3-6H,2,7-9H2,1H3,(H,14,15)(H,16,17). The van der Waals surface area contributed by atoms with Crippen molar-refractivity contribution in [3.05, 3.63) is 29.8 Å². The van der Waals surface area contributed by atoms with Crippen LogP contribution in [0.2, 0.25) is 0 Å². The average molecular weight is 283 g/mol.